The molecule has 2 saturated heterocycles. The summed E-state index contributed by atoms with van der Waals surface area (Å²) in [5, 5.41) is 0.749. The number of rotatable bonds is 5. The topological polar surface area (TPSA) is 24.9 Å². The van der Waals surface area contributed by atoms with Gasteiger partial charge in [-0.1, -0.05) is 11.6 Å². The van der Waals surface area contributed by atoms with E-state index in [2.05, 4.69) is 21.6 Å². The van der Waals surface area contributed by atoms with Gasteiger partial charge < -0.3 is 9.47 Å². The Morgan fingerprint density at radius 2 is 1.67 bits per heavy atom. The average Bonchev–Trinajstić information content (AvgIpc) is 2.64. The van der Waals surface area contributed by atoms with Crippen LogP contribution in [-0.2, 0) is 6.54 Å². The zero-order valence-electron chi connectivity index (χ0n) is 14.6. The van der Waals surface area contributed by atoms with E-state index < -0.39 is 0 Å². The first-order chi connectivity index (χ1) is 11.7. The zero-order chi connectivity index (χ0) is 16.9. The minimum absolute atomic E-state index is 0.686. The van der Waals surface area contributed by atoms with E-state index >= 15 is 0 Å². The summed E-state index contributed by atoms with van der Waals surface area (Å²) in [4.78, 5) is 5.17. The molecule has 4 nitrogen and oxygen atoms in total. The van der Waals surface area contributed by atoms with E-state index in [1.54, 1.807) is 14.2 Å². The molecule has 0 amide bonds. The Labute approximate surface area is 154 Å². The van der Waals surface area contributed by atoms with Gasteiger partial charge >= 0.3 is 0 Å². The molecule has 0 unspecified atom stereocenters. The number of hydrogen-bond donors (Lipinski definition) is 0. The predicted molar refractivity (Wildman–Crippen MR) is 102 cm³/mol. The second-order valence-corrected chi connectivity index (χ2v) is 8.09. The molecule has 134 valence electrons. The normalized spacial score (nSPS) is 21.0. The first kappa shape index (κ1) is 18.2. The van der Waals surface area contributed by atoms with E-state index in [9.17, 15) is 0 Å². The SMILES string of the molecule is COc1cc(Cl)c(CN2CCN(C3CCSCC3)CC2)cc1OC. The number of hydrogen-bond acceptors (Lipinski definition) is 5. The van der Waals surface area contributed by atoms with Crippen LogP contribution in [0.5, 0.6) is 11.5 Å². The van der Waals surface area contributed by atoms with Gasteiger partial charge in [0.2, 0.25) is 0 Å². The molecule has 2 aliphatic heterocycles. The minimum Gasteiger partial charge on any atom is -0.493 e. The van der Waals surface area contributed by atoms with Crippen LogP contribution in [-0.4, -0.2) is 67.7 Å². The van der Waals surface area contributed by atoms with Gasteiger partial charge in [-0.2, -0.15) is 11.8 Å². The van der Waals surface area contributed by atoms with Gasteiger partial charge in [0.15, 0.2) is 11.5 Å². The van der Waals surface area contributed by atoms with Crippen LogP contribution in [0.1, 0.15) is 18.4 Å². The van der Waals surface area contributed by atoms with Gasteiger partial charge in [0.05, 0.1) is 14.2 Å². The number of halogens is 1. The summed E-state index contributed by atoms with van der Waals surface area (Å²) in [5.41, 5.74) is 1.11. The lowest BCUT2D eigenvalue weighted by atomic mass is 10.1. The van der Waals surface area contributed by atoms with Crippen LogP contribution in [0.3, 0.4) is 0 Å². The molecule has 2 fully saturated rings. The Morgan fingerprint density at radius 1 is 1.04 bits per heavy atom. The van der Waals surface area contributed by atoms with Crippen LogP contribution < -0.4 is 9.47 Å². The van der Waals surface area contributed by atoms with Crippen molar-refractivity contribution in [2.75, 3.05) is 51.9 Å². The molecule has 3 rings (SSSR count). The summed E-state index contributed by atoms with van der Waals surface area (Å²) < 4.78 is 10.7. The van der Waals surface area contributed by atoms with Crippen molar-refractivity contribution < 1.29 is 9.47 Å². The first-order valence-corrected chi connectivity index (χ1v) is 10.2. The molecule has 2 heterocycles. The Kier molecular flexibility index (Phi) is 6.56. The number of benzene rings is 1. The van der Waals surface area contributed by atoms with Crippen LogP contribution in [0.2, 0.25) is 5.02 Å². The Balaban J connectivity index is 1.57. The summed E-state index contributed by atoms with van der Waals surface area (Å²) in [7, 11) is 3.30. The standard InChI is InChI=1S/C18H27ClN2O2S/c1-22-17-11-14(16(19)12-18(17)23-2)13-20-5-7-21(8-6-20)15-3-9-24-10-4-15/h11-12,15H,3-10,13H2,1-2H3. The predicted octanol–water partition coefficient (Wildman–Crippen LogP) is 3.37. The molecule has 0 aromatic heterocycles. The molecule has 6 heteroatoms. The fourth-order valence-corrected chi connectivity index (χ4v) is 4.89. The van der Waals surface area contributed by atoms with Gasteiger partial charge in [-0.25, -0.2) is 0 Å². The third-order valence-corrected chi connectivity index (χ3v) is 6.46. The van der Waals surface area contributed by atoms with Gasteiger partial charge in [0, 0.05) is 49.9 Å². The second kappa shape index (κ2) is 8.65. The summed E-state index contributed by atoms with van der Waals surface area (Å²) in [6.07, 6.45) is 2.71. The van der Waals surface area contributed by atoms with Crippen molar-refractivity contribution in [3.05, 3.63) is 22.7 Å². The number of ether oxygens (including phenoxy) is 2. The van der Waals surface area contributed by atoms with Crippen molar-refractivity contribution in [2.24, 2.45) is 0 Å². The molecule has 0 spiro atoms. The third-order valence-electron chi connectivity index (χ3n) is 5.06. The van der Waals surface area contributed by atoms with Crippen LogP contribution >= 0.6 is 23.4 Å². The van der Waals surface area contributed by atoms with Crippen molar-refractivity contribution in [2.45, 2.75) is 25.4 Å². The number of piperazine rings is 1. The lowest BCUT2D eigenvalue weighted by Gasteiger charge is -2.40. The highest BCUT2D eigenvalue weighted by atomic mass is 35.5. The maximum atomic E-state index is 6.43. The van der Waals surface area contributed by atoms with Crippen LogP contribution in [0, 0.1) is 0 Å². The molecule has 0 N–H and O–H groups in total. The molecule has 24 heavy (non-hydrogen) atoms. The lowest BCUT2D eigenvalue weighted by Crippen LogP contribution is -2.50. The number of methoxy groups -OCH3 is 2. The van der Waals surface area contributed by atoms with Crippen LogP contribution in [0.25, 0.3) is 0 Å². The van der Waals surface area contributed by atoms with Gasteiger partial charge in [0.25, 0.3) is 0 Å². The summed E-state index contributed by atoms with van der Waals surface area (Å²) in [5.74, 6) is 4.08. The maximum Gasteiger partial charge on any atom is 0.162 e. The van der Waals surface area contributed by atoms with Crippen molar-refractivity contribution in [3.8, 4) is 11.5 Å². The van der Waals surface area contributed by atoms with Gasteiger partial charge in [0.1, 0.15) is 0 Å². The zero-order valence-corrected chi connectivity index (χ0v) is 16.2. The Morgan fingerprint density at radius 3 is 2.29 bits per heavy atom. The molecule has 0 bridgehead atoms. The van der Waals surface area contributed by atoms with E-state index in [-0.39, 0.29) is 0 Å². The fourth-order valence-electron chi connectivity index (χ4n) is 3.60. The van der Waals surface area contributed by atoms with Crippen LogP contribution in [0.4, 0.5) is 0 Å². The molecule has 0 atom stereocenters. The summed E-state index contributed by atoms with van der Waals surface area (Å²) in [6.45, 7) is 5.41. The van der Waals surface area contributed by atoms with Crippen molar-refractivity contribution in [1.29, 1.82) is 0 Å². The smallest absolute Gasteiger partial charge is 0.162 e. The maximum absolute atomic E-state index is 6.43. The Bertz CT molecular complexity index is 544. The highest BCUT2D eigenvalue weighted by molar-refractivity contribution is 7.99. The number of thioether (sulfide) groups is 1. The van der Waals surface area contributed by atoms with E-state index in [0.29, 0.717) is 5.75 Å². The second-order valence-electron chi connectivity index (χ2n) is 6.45. The van der Waals surface area contributed by atoms with Crippen LogP contribution in [0.15, 0.2) is 12.1 Å². The Hall–Kier alpha value is -0.620. The summed E-state index contributed by atoms with van der Waals surface area (Å²) >= 11 is 8.53. The van der Waals surface area contributed by atoms with Crippen molar-refractivity contribution >= 4 is 23.4 Å². The largest absolute Gasteiger partial charge is 0.493 e. The van der Waals surface area contributed by atoms with Crippen molar-refractivity contribution in [1.82, 2.24) is 9.80 Å². The number of nitrogens with zero attached hydrogens (tertiary/aromatic N) is 2. The van der Waals surface area contributed by atoms with Gasteiger partial charge in [-0.15, -0.1) is 0 Å². The van der Waals surface area contributed by atoms with E-state index in [1.165, 1.54) is 37.4 Å². The molecule has 0 aliphatic carbocycles. The highest BCUT2D eigenvalue weighted by Crippen LogP contribution is 2.34. The van der Waals surface area contributed by atoms with E-state index in [4.69, 9.17) is 21.1 Å². The third kappa shape index (κ3) is 4.31. The van der Waals surface area contributed by atoms with E-state index in [0.717, 1.165) is 42.0 Å². The monoisotopic (exact) mass is 370 g/mol. The molecule has 1 aromatic carbocycles. The van der Waals surface area contributed by atoms with Gasteiger partial charge in [-0.05, 0) is 36.0 Å². The first-order valence-electron chi connectivity index (χ1n) is 8.66. The van der Waals surface area contributed by atoms with E-state index in [1.807, 2.05) is 12.1 Å². The molecular weight excluding hydrogens is 344 g/mol. The van der Waals surface area contributed by atoms with Gasteiger partial charge in [-0.3, -0.25) is 9.80 Å². The lowest BCUT2D eigenvalue weighted by molar-refractivity contribution is 0.0879. The highest BCUT2D eigenvalue weighted by Gasteiger charge is 2.25. The quantitative estimate of drug-likeness (QED) is 0.791. The fraction of sp³-hybridized carbons (Fsp3) is 0.667. The molecular formula is C18H27ClN2O2S. The molecule has 1 aromatic rings. The molecule has 0 saturated carbocycles. The average molecular weight is 371 g/mol. The molecule has 2 aliphatic rings. The minimum atomic E-state index is 0.686. The van der Waals surface area contributed by atoms with Crippen molar-refractivity contribution in [3.63, 3.8) is 0 Å². The summed E-state index contributed by atoms with van der Waals surface area (Å²) in [6, 6.07) is 4.66. The molecule has 0 radical (unpaired) electrons.